The molecular weight excluding hydrogens is 410 g/mol. The molecule has 0 radical (unpaired) electrons. The normalized spacial score (nSPS) is 13.2. The summed E-state index contributed by atoms with van der Waals surface area (Å²) in [6.45, 7) is 2.30. The molecule has 0 aliphatic rings. The fraction of sp³-hybridized carbons (Fsp3) is 0.143. The van der Waals surface area contributed by atoms with Crippen molar-refractivity contribution >= 4 is 42.2 Å². The van der Waals surface area contributed by atoms with Crippen molar-refractivity contribution < 1.29 is 0 Å². The van der Waals surface area contributed by atoms with Crippen LogP contribution >= 0.6 is 26.3 Å². The molecule has 3 aromatic rings. The Bertz CT molecular complexity index is 654. The molecule has 0 fully saturated rings. The van der Waals surface area contributed by atoms with E-state index in [1.54, 1.807) is 0 Å². The van der Waals surface area contributed by atoms with E-state index in [1.807, 2.05) is 0 Å². The summed E-state index contributed by atoms with van der Waals surface area (Å²) < 4.78 is -2.46. The van der Waals surface area contributed by atoms with Gasteiger partial charge in [-0.25, -0.2) is 0 Å². The van der Waals surface area contributed by atoms with Crippen LogP contribution in [0.15, 0.2) is 91.0 Å². The van der Waals surface area contributed by atoms with Crippen LogP contribution in [-0.4, -0.2) is 6.16 Å². The van der Waals surface area contributed by atoms with Crippen molar-refractivity contribution in [1.29, 1.82) is 0 Å². The molecule has 0 heterocycles. The Morgan fingerprint density at radius 3 is 1.17 bits per heavy atom. The van der Waals surface area contributed by atoms with Crippen LogP contribution in [0.5, 0.6) is 0 Å². The van der Waals surface area contributed by atoms with Crippen molar-refractivity contribution in [2.75, 3.05) is 6.16 Å². The topological polar surface area (TPSA) is 0 Å². The number of halogens is 1. The van der Waals surface area contributed by atoms with Crippen LogP contribution in [-0.2, 0) is 0 Å². The van der Waals surface area contributed by atoms with E-state index in [0.717, 1.165) is 0 Å². The maximum absolute atomic E-state index is 2.84. The van der Waals surface area contributed by atoms with Gasteiger partial charge in [-0.05, 0) is 0 Å². The molecule has 0 nitrogen and oxygen atoms in total. The van der Waals surface area contributed by atoms with Crippen molar-refractivity contribution in [3.05, 3.63) is 91.0 Å². The average molecular weight is 432 g/mol. The van der Waals surface area contributed by atoms with E-state index in [4.69, 9.17) is 0 Å². The molecule has 0 spiro atoms. The summed E-state index contributed by atoms with van der Waals surface area (Å²) in [5.41, 5.74) is 0. The first-order valence-electron chi connectivity index (χ1n) is 8.10. The van der Waals surface area contributed by atoms with Crippen LogP contribution in [0.25, 0.3) is 0 Å². The van der Waals surface area contributed by atoms with E-state index in [1.165, 1.54) is 28.5 Å². The number of benzene rings is 3. The fourth-order valence-corrected chi connectivity index (χ4v) is 12.7. The molecular formula is C21H22IP. The van der Waals surface area contributed by atoms with Gasteiger partial charge < -0.3 is 0 Å². The molecule has 3 aromatic carbocycles. The van der Waals surface area contributed by atoms with E-state index < -0.39 is 4.25 Å². The zero-order valence-electron chi connectivity index (χ0n) is 13.4. The molecule has 23 heavy (non-hydrogen) atoms. The molecule has 0 unspecified atom stereocenters. The molecule has 0 aliphatic heterocycles. The molecule has 3 rings (SSSR count). The molecule has 0 aliphatic carbocycles. The predicted octanol–water partition coefficient (Wildman–Crippen LogP) is 5.28. The van der Waals surface area contributed by atoms with Crippen molar-refractivity contribution in [2.45, 2.75) is 13.3 Å². The Kier molecular flexibility index (Phi) is 4.89. The Labute approximate surface area is 152 Å². The predicted molar refractivity (Wildman–Crippen MR) is 114 cm³/mol. The third-order valence-corrected chi connectivity index (χ3v) is 16.4. The van der Waals surface area contributed by atoms with Gasteiger partial charge in [0.15, 0.2) is 0 Å². The van der Waals surface area contributed by atoms with Crippen molar-refractivity contribution in [1.82, 2.24) is 0 Å². The molecule has 0 amide bonds. The number of hydrogen-bond acceptors (Lipinski definition) is 0. The van der Waals surface area contributed by atoms with Gasteiger partial charge in [0.05, 0.1) is 0 Å². The molecule has 0 N–H and O–H groups in total. The van der Waals surface area contributed by atoms with Crippen LogP contribution in [0, 0.1) is 0 Å². The Hall–Kier alpha value is -1.18. The minimum absolute atomic E-state index is 1.17. The second-order valence-corrected chi connectivity index (χ2v) is 16.7. The average Bonchev–Trinajstić information content (AvgIpc) is 2.64. The van der Waals surface area contributed by atoms with Crippen molar-refractivity contribution in [3.63, 3.8) is 0 Å². The van der Waals surface area contributed by atoms with Gasteiger partial charge >= 0.3 is 153 Å². The zero-order chi connectivity index (χ0) is 16.2. The Morgan fingerprint density at radius 2 is 0.913 bits per heavy atom. The molecule has 0 saturated heterocycles. The fourth-order valence-electron chi connectivity index (χ4n) is 3.47. The van der Waals surface area contributed by atoms with E-state index >= 15 is 0 Å². The quantitative estimate of drug-likeness (QED) is 0.381. The van der Waals surface area contributed by atoms with Gasteiger partial charge in [0.2, 0.25) is 0 Å². The first kappa shape index (κ1) is 16.7. The third-order valence-electron chi connectivity index (χ3n) is 4.53. The van der Waals surface area contributed by atoms with Crippen molar-refractivity contribution in [2.24, 2.45) is 0 Å². The summed E-state index contributed by atoms with van der Waals surface area (Å²) >= 11 is 2.84. The van der Waals surface area contributed by atoms with E-state index in [-0.39, 0.29) is 0 Å². The summed E-state index contributed by atoms with van der Waals surface area (Å²) in [7, 11) is 0. The second kappa shape index (κ2) is 6.75. The van der Waals surface area contributed by atoms with Crippen molar-refractivity contribution in [3.8, 4) is 0 Å². The van der Waals surface area contributed by atoms with Crippen LogP contribution in [0.1, 0.15) is 13.3 Å². The second-order valence-electron chi connectivity index (χ2n) is 5.91. The monoisotopic (exact) mass is 432 g/mol. The summed E-state index contributed by atoms with van der Waals surface area (Å²) in [5.74, 6) is 0. The van der Waals surface area contributed by atoms with Gasteiger partial charge in [-0.3, -0.25) is 0 Å². The Balaban J connectivity index is 2.41. The molecule has 0 aromatic heterocycles. The van der Waals surface area contributed by atoms with Crippen LogP contribution in [0.3, 0.4) is 0 Å². The van der Waals surface area contributed by atoms with Gasteiger partial charge in [-0.2, -0.15) is 0 Å². The SMILES string of the molecule is CCCP(I)(c1ccccc1)(c1ccccc1)c1ccccc1. The standard InChI is InChI=1S/C21H22IP/c1-2-18-23(22,19-12-6-3-7-13-19,20-14-8-4-9-15-20)21-16-10-5-11-17-21/h3-17H,2,18H2,1H3. The van der Waals surface area contributed by atoms with Gasteiger partial charge in [-0.1, -0.05) is 0 Å². The molecule has 118 valence electrons. The van der Waals surface area contributed by atoms with E-state index in [2.05, 4.69) is 120 Å². The van der Waals surface area contributed by atoms with Gasteiger partial charge in [0.25, 0.3) is 0 Å². The maximum atomic E-state index is 2.84. The summed E-state index contributed by atoms with van der Waals surface area (Å²) in [6.07, 6.45) is 2.35. The van der Waals surface area contributed by atoms with Gasteiger partial charge in [0.1, 0.15) is 0 Å². The number of hydrogen-bond donors (Lipinski definition) is 0. The number of rotatable bonds is 5. The molecule has 0 saturated carbocycles. The minimum atomic E-state index is -2.46. The van der Waals surface area contributed by atoms with Crippen LogP contribution < -0.4 is 15.9 Å². The zero-order valence-corrected chi connectivity index (χ0v) is 16.5. The summed E-state index contributed by atoms with van der Waals surface area (Å²) in [6, 6.07) is 33.3. The molecule has 2 heteroatoms. The molecule has 0 atom stereocenters. The Morgan fingerprint density at radius 1 is 0.609 bits per heavy atom. The van der Waals surface area contributed by atoms with Crippen LogP contribution in [0.2, 0.25) is 0 Å². The molecule has 0 bridgehead atoms. The van der Waals surface area contributed by atoms with Gasteiger partial charge in [0, 0.05) is 0 Å². The van der Waals surface area contributed by atoms with Crippen LogP contribution in [0.4, 0.5) is 0 Å². The van der Waals surface area contributed by atoms with E-state index in [0.29, 0.717) is 0 Å². The first-order valence-corrected chi connectivity index (χ1v) is 13.3. The summed E-state index contributed by atoms with van der Waals surface area (Å²) in [5, 5.41) is 4.41. The summed E-state index contributed by atoms with van der Waals surface area (Å²) in [4.78, 5) is 0. The first-order chi connectivity index (χ1) is 11.2. The van der Waals surface area contributed by atoms with E-state index in [9.17, 15) is 0 Å². The third kappa shape index (κ3) is 2.75. The van der Waals surface area contributed by atoms with Gasteiger partial charge in [-0.15, -0.1) is 0 Å².